The summed E-state index contributed by atoms with van der Waals surface area (Å²) in [6, 6.07) is 0. The number of carboxylic acid groups (broad SMARTS) is 1. The Hall–Kier alpha value is -0.910. The molecule has 0 aromatic rings. The molecule has 0 aliphatic rings. The number of carbonyl (C=O) groups is 1. The lowest BCUT2D eigenvalue weighted by Crippen LogP contribution is -2.17. The molecule has 0 saturated heterocycles. The molecule has 9 nitrogen and oxygen atoms in total. The molecule has 0 aromatic carbocycles. The third kappa shape index (κ3) is 5.84. The van der Waals surface area contributed by atoms with E-state index in [1.807, 2.05) is 0 Å². The van der Waals surface area contributed by atoms with Gasteiger partial charge in [0.15, 0.2) is 0 Å². The molecular formula is CH2O9S2. The zero-order valence-electron chi connectivity index (χ0n) is 5.07. The summed E-state index contributed by atoms with van der Waals surface area (Å²) in [5.41, 5.74) is 0. The van der Waals surface area contributed by atoms with Gasteiger partial charge in [-0.05, 0) is 0 Å². The third-order valence-electron chi connectivity index (χ3n) is 0.343. The minimum absolute atomic E-state index is 2.29. The van der Waals surface area contributed by atoms with E-state index < -0.39 is 27.0 Å². The van der Waals surface area contributed by atoms with Gasteiger partial charge in [0.2, 0.25) is 0 Å². The molecule has 0 atom stereocenters. The molecule has 0 unspecified atom stereocenters. The first kappa shape index (κ1) is 11.1. The summed E-state index contributed by atoms with van der Waals surface area (Å²) in [6.07, 6.45) is -2.29. The molecule has 0 fully saturated rings. The van der Waals surface area contributed by atoms with Crippen LogP contribution in [0.3, 0.4) is 0 Å². The van der Waals surface area contributed by atoms with Crippen molar-refractivity contribution in [3.8, 4) is 0 Å². The van der Waals surface area contributed by atoms with E-state index in [4.69, 9.17) is 9.66 Å². The SMILES string of the molecule is O=C(O)OS(=O)(=O)OS(=O)(=O)O. The molecule has 0 amide bonds. The highest BCUT2D eigenvalue weighted by atomic mass is 32.3. The van der Waals surface area contributed by atoms with Crippen molar-refractivity contribution >= 4 is 27.0 Å². The topological polar surface area (TPSA) is 144 Å². The molecule has 0 bridgehead atoms. The van der Waals surface area contributed by atoms with Gasteiger partial charge in [0.25, 0.3) is 0 Å². The van der Waals surface area contributed by atoms with E-state index in [-0.39, 0.29) is 0 Å². The molecule has 0 rings (SSSR count). The molecule has 2 N–H and O–H groups in total. The summed E-state index contributed by atoms with van der Waals surface area (Å²) < 4.78 is 53.1. The van der Waals surface area contributed by atoms with Crippen molar-refractivity contribution in [2.45, 2.75) is 0 Å². The van der Waals surface area contributed by atoms with Crippen molar-refractivity contribution in [1.82, 2.24) is 0 Å². The van der Waals surface area contributed by atoms with Crippen LogP contribution in [0.4, 0.5) is 4.79 Å². The van der Waals surface area contributed by atoms with Gasteiger partial charge in [-0.2, -0.15) is 16.8 Å². The van der Waals surface area contributed by atoms with Crippen molar-refractivity contribution in [2.24, 2.45) is 0 Å². The maximum Gasteiger partial charge on any atom is 0.523 e. The largest absolute Gasteiger partial charge is 0.523 e. The molecule has 0 spiro atoms. The average Bonchev–Trinajstić information content (AvgIpc) is 1.48. The number of rotatable bonds is 3. The highest BCUT2D eigenvalue weighted by molar-refractivity contribution is 7.95. The maximum absolute atomic E-state index is 10.1. The van der Waals surface area contributed by atoms with E-state index in [0.29, 0.717) is 0 Å². The molecule has 0 aliphatic carbocycles. The van der Waals surface area contributed by atoms with Crippen LogP contribution in [0.5, 0.6) is 0 Å². The van der Waals surface area contributed by atoms with Gasteiger partial charge in [0.1, 0.15) is 0 Å². The lowest BCUT2D eigenvalue weighted by molar-refractivity contribution is 0.141. The van der Waals surface area contributed by atoms with Gasteiger partial charge in [0.05, 0.1) is 0 Å². The molecule has 0 radical (unpaired) electrons. The fraction of sp³-hybridized carbons (Fsp3) is 0. The Morgan fingerprint density at radius 2 is 1.58 bits per heavy atom. The van der Waals surface area contributed by atoms with Gasteiger partial charge in [-0.25, -0.2) is 4.79 Å². The van der Waals surface area contributed by atoms with Crippen molar-refractivity contribution in [3.63, 3.8) is 0 Å². The Labute approximate surface area is 66.8 Å². The zero-order chi connectivity index (χ0) is 9.99. The summed E-state index contributed by atoms with van der Waals surface area (Å²) >= 11 is 0. The predicted octanol–water partition coefficient (Wildman–Crippen LogP) is -1.25. The summed E-state index contributed by atoms with van der Waals surface area (Å²) in [4.78, 5) is 9.54. The van der Waals surface area contributed by atoms with E-state index in [0.717, 1.165) is 0 Å². The fourth-order valence-electron chi connectivity index (χ4n) is 0.207. The molecule has 72 valence electrons. The summed E-state index contributed by atoms with van der Waals surface area (Å²) in [5.74, 6) is 0. The fourth-order valence-corrected chi connectivity index (χ4v) is 1.33. The zero-order valence-corrected chi connectivity index (χ0v) is 6.70. The van der Waals surface area contributed by atoms with Gasteiger partial charge in [-0.15, -0.1) is 0 Å². The first-order valence-electron chi connectivity index (χ1n) is 1.98. The summed E-state index contributed by atoms with van der Waals surface area (Å²) in [7, 11) is -10.6. The van der Waals surface area contributed by atoms with Crippen molar-refractivity contribution in [1.29, 1.82) is 0 Å². The molecule has 11 heteroatoms. The normalized spacial score (nSPS) is 12.4. The quantitative estimate of drug-likeness (QED) is 0.559. The standard InChI is InChI=1S/CH2O9S2/c2-1(3)9-12(7,8)10-11(4,5)6/h(H,2,3)(H,4,5,6). The van der Waals surface area contributed by atoms with E-state index >= 15 is 0 Å². The van der Waals surface area contributed by atoms with Gasteiger partial charge >= 0.3 is 27.0 Å². The monoisotopic (exact) mass is 222 g/mol. The Morgan fingerprint density at radius 3 is 1.83 bits per heavy atom. The molecular weight excluding hydrogens is 220 g/mol. The average molecular weight is 222 g/mol. The van der Waals surface area contributed by atoms with Crippen molar-refractivity contribution in [2.75, 3.05) is 0 Å². The third-order valence-corrected chi connectivity index (χ3v) is 2.04. The molecule has 12 heavy (non-hydrogen) atoms. The lowest BCUT2D eigenvalue weighted by atomic mass is 11.5. The highest BCUT2D eigenvalue weighted by Crippen LogP contribution is 2.00. The second-order valence-electron chi connectivity index (χ2n) is 1.25. The van der Waals surface area contributed by atoms with Crippen LogP contribution in [0.25, 0.3) is 0 Å². The van der Waals surface area contributed by atoms with Crippen LogP contribution in [0, 0.1) is 0 Å². The second-order valence-corrected chi connectivity index (χ2v) is 3.64. The van der Waals surface area contributed by atoms with Crippen molar-refractivity contribution in [3.05, 3.63) is 0 Å². The van der Waals surface area contributed by atoms with E-state index in [9.17, 15) is 21.6 Å². The molecule has 0 aromatic heterocycles. The first-order valence-corrected chi connectivity index (χ1v) is 4.68. The molecule has 0 heterocycles. The minimum Gasteiger partial charge on any atom is -0.449 e. The van der Waals surface area contributed by atoms with E-state index in [2.05, 4.69) is 7.81 Å². The van der Waals surface area contributed by atoms with Gasteiger partial charge in [-0.3, -0.25) is 8.74 Å². The first-order chi connectivity index (χ1) is 5.12. The highest BCUT2D eigenvalue weighted by Gasteiger charge is 2.24. The van der Waals surface area contributed by atoms with Gasteiger partial charge < -0.3 is 5.11 Å². The van der Waals surface area contributed by atoms with Crippen LogP contribution in [0.2, 0.25) is 0 Å². The summed E-state index contributed by atoms with van der Waals surface area (Å²) in [6.45, 7) is 0. The second kappa shape index (κ2) is 3.22. The number of hydrogen-bond acceptors (Lipinski definition) is 7. The lowest BCUT2D eigenvalue weighted by Gasteiger charge is -1.97. The van der Waals surface area contributed by atoms with Crippen LogP contribution in [-0.4, -0.2) is 32.7 Å². The van der Waals surface area contributed by atoms with Crippen LogP contribution in [0.1, 0.15) is 0 Å². The van der Waals surface area contributed by atoms with E-state index in [1.54, 1.807) is 0 Å². The van der Waals surface area contributed by atoms with Crippen LogP contribution >= 0.6 is 0 Å². The smallest absolute Gasteiger partial charge is 0.449 e. The molecule has 0 saturated carbocycles. The van der Waals surface area contributed by atoms with E-state index in [1.165, 1.54) is 0 Å². The Bertz CT molecular complexity index is 355. The summed E-state index contributed by atoms with van der Waals surface area (Å²) in [5, 5.41) is 7.69. The Kier molecular flexibility index (Phi) is 2.98. The number of hydrogen-bond donors (Lipinski definition) is 2. The van der Waals surface area contributed by atoms with Gasteiger partial charge in [-0.1, -0.05) is 3.63 Å². The van der Waals surface area contributed by atoms with Crippen molar-refractivity contribution < 1.29 is 39.1 Å². The minimum atomic E-state index is -5.30. The molecule has 0 aliphatic heterocycles. The maximum atomic E-state index is 10.1. The van der Waals surface area contributed by atoms with Crippen LogP contribution < -0.4 is 0 Å². The predicted molar refractivity (Wildman–Crippen MR) is 30.7 cm³/mol. The Balaban J connectivity index is 4.58. The Morgan fingerprint density at radius 1 is 1.17 bits per heavy atom. The van der Waals surface area contributed by atoms with Crippen LogP contribution in [0.15, 0.2) is 0 Å². The van der Waals surface area contributed by atoms with Gasteiger partial charge in [0, 0.05) is 0 Å². The van der Waals surface area contributed by atoms with Crippen LogP contribution in [-0.2, 0) is 28.6 Å².